The molecule has 5 nitrogen and oxygen atoms in total. The Kier molecular flexibility index (Phi) is 5.34. The second-order valence-corrected chi connectivity index (χ2v) is 6.75. The van der Waals surface area contributed by atoms with E-state index in [1.54, 1.807) is 0 Å². The van der Waals surface area contributed by atoms with Crippen LogP contribution in [0, 0.1) is 11.8 Å². The molecule has 1 aromatic heterocycles. The number of hydrogen-bond acceptors (Lipinski definition) is 5. The van der Waals surface area contributed by atoms with Gasteiger partial charge >= 0.3 is 0 Å². The lowest BCUT2D eigenvalue weighted by atomic mass is 10.2. The van der Waals surface area contributed by atoms with E-state index in [1.165, 1.54) is 11.3 Å². The smallest absolute Gasteiger partial charge is 0.235 e. The van der Waals surface area contributed by atoms with Crippen LogP contribution in [-0.2, 0) is 21.2 Å². The molecule has 0 aliphatic heterocycles. The van der Waals surface area contributed by atoms with E-state index >= 15 is 0 Å². The summed E-state index contributed by atoms with van der Waals surface area (Å²) >= 11 is 1.45. The second kappa shape index (κ2) is 6.54. The Hall–Kier alpha value is -1.36. The molecule has 0 spiro atoms. The van der Waals surface area contributed by atoms with E-state index in [2.05, 4.69) is 17.2 Å². The number of carbonyl (C=O) groups is 1. The van der Waals surface area contributed by atoms with Crippen molar-refractivity contribution in [2.24, 2.45) is 5.73 Å². The van der Waals surface area contributed by atoms with Gasteiger partial charge in [0.05, 0.1) is 13.1 Å². The molecule has 0 saturated carbocycles. The molecule has 1 heterocycles. The van der Waals surface area contributed by atoms with E-state index in [4.69, 9.17) is 5.73 Å². The van der Waals surface area contributed by atoms with Crippen molar-refractivity contribution in [2.45, 2.75) is 6.54 Å². The maximum Gasteiger partial charge on any atom is 0.235 e. The lowest BCUT2D eigenvalue weighted by Crippen LogP contribution is -2.29. The standard InChI is InChI=1S/C11H14N2O3S2/c1-18(15,16)8-11(14)13-7-10-9(3-2-5-12)4-6-17-10/h4,6H,5,7-8,12H2,1H3,(H,13,14). The molecule has 98 valence electrons. The quantitative estimate of drug-likeness (QED) is 0.745. The van der Waals surface area contributed by atoms with Crippen LogP contribution in [0.3, 0.4) is 0 Å². The molecule has 3 N–H and O–H groups in total. The van der Waals surface area contributed by atoms with Crippen molar-refractivity contribution < 1.29 is 13.2 Å². The summed E-state index contributed by atoms with van der Waals surface area (Å²) in [5.74, 6) is 4.62. The van der Waals surface area contributed by atoms with E-state index in [-0.39, 0.29) is 13.1 Å². The van der Waals surface area contributed by atoms with Crippen LogP contribution < -0.4 is 11.1 Å². The third kappa shape index (κ3) is 5.31. The number of nitrogens with two attached hydrogens (primary N) is 1. The molecule has 1 rings (SSSR count). The number of rotatable bonds is 4. The van der Waals surface area contributed by atoms with Gasteiger partial charge in [0.15, 0.2) is 9.84 Å². The topological polar surface area (TPSA) is 89.3 Å². The molecule has 1 aromatic rings. The summed E-state index contributed by atoms with van der Waals surface area (Å²) in [7, 11) is -3.29. The number of sulfone groups is 1. The van der Waals surface area contributed by atoms with Crippen LogP contribution in [0.5, 0.6) is 0 Å². The summed E-state index contributed by atoms with van der Waals surface area (Å²) in [5, 5.41) is 4.41. The monoisotopic (exact) mass is 286 g/mol. The Labute approximate surface area is 110 Å². The third-order valence-corrected chi connectivity index (χ3v) is 3.62. The summed E-state index contributed by atoms with van der Waals surface area (Å²) in [6.45, 7) is 0.552. The Balaban J connectivity index is 2.59. The van der Waals surface area contributed by atoms with Crippen molar-refractivity contribution in [2.75, 3.05) is 18.6 Å². The van der Waals surface area contributed by atoms with Gasteiger partial charge in [-0.15, -0.1) is 11.3 Å². The van der Waals surface area contributed by atoms with Crippen molar-refractivity contribution in [3.05, 3.63) is 21.9 Å². The summed E-state index contributed by atoms with van der Waals surface area (Å²) in [6.07, 6.45) is 1.02. The predicted octanol–water partition coefficient (Wildman–Crippen LogP) is -0.281. The van der Waals surface area contributed by atoms with Gasteiger partial charge in [0, 0.05) is 16.7 Å². The first-order valence-corrected chi connectivity index (χ1v) is 8.06. The van der Waals surface area contributed by atoms with Gasteiger partial charge < -0.3 is 11.1 Å². The van der Waals surface area contributed by atoms with Gasteiger partial charge in [-0.25, -0.2) is 8.42 Å². The molecule has 0 radical (unpaired) electrons. The van der Waals surface area contributed by atoms with Crippen LogP contribution in [0.4, 0.5) is 0 Å². The average Bonchev–Trinajstić information content (AvgIpc) is 2.68. The second-order valence-electron chi connectivity index (χ2n) is 3.61. The van der Waals surface area contributed by atoms with Crippen molar-refractivity contribution in [3.63, 3.8) is 0 Å². The van der Waals surface area contributed by atoms with Crippen LogP contribution in [0.15, 0.2) is 11.4 Å². The van der Waals surface area contributed by atoms with E-state index in [1.807, 2.05) is 11.4 Å². The minimum absolute atomic E-state index is 0.274. The van der Waals surface area contributed by atoms with Crippen molar-refractivity contribution in [3.8, 4) is 11.8 Å². The zero-order valence-corrected chi connectivity index (χ0v) is 11.5. The molecule has 7 heteroatoms. The molecule has 0 unspecified atom stereocenters. The maximum atomic E-state index is 11.3. The number of carbonyl (C=O) groups excluding carboxylic acids is 1. The Morgan fingerprint density at radius 1 is 1.56 bits per heavy atom. The van der Waals surface area contributed by atoms with Crippen molar-refractivity contribution in [1.82, 2.24) is 5.32 Å². The highest BCUT2D eigenvalue weighted by atomic mass is 32.2. The minimum Gasteiger partial charge on any atom is -0.350 e. The van der Waals surface area contributed by atoms with Gasteiger partial charge in [-0.3, -0.25) is 4.79 Å². The summed E-state index contributed by atoms with van der Waals surface area (Å²) in [5.41, 5.74) is 6.09. The normalized spacial score (nSPS) is 10.6. The lowest BCUT2D eigenvalue weighted by molar-refractivity contribution is -0.118. The largest absolute Gasteiger partial charge is 0.350 e. The molecule has 1 amide bonds. The van der Waals surface area contributed by atoms with E-state index < -0.39 is 21.5 Å². The van der Waals surface area contributed by atoms with Gasteiger partial charge in [-0.1, -0.05) is 11.8 Å². The molecule has 18 heavy (non-hydrogen) atoms. The van der Waals surface area contributed by atoms with Crippen molar-refractivity contribution >= 4 is 27.1 Å². The van der Waals surface area contributed by atoms with Crippen molar-refractivity contribution in [1.29, 1.82) is 0 Å². The van der Waals surface area contributed by atoms with Crippen LogP contribution in [0.1, 0.15) is 10.4 Å². The SMILES string of the molecule is CS(=O)(=O)CC(=O)NCc1sccc1C#CCN. The maximum absolute atomic E-state index is 11.3. The summed E-state index contributed by atoms with van der Waals surface area (Å²) in [4.78, 5) is 12.2. The first-order valence-electron chi connectivity index (χ1n) is 5.12. The number of amides is 1. The highest BCUT2D eigenvalue weighted by Crippen LogP contribution is 2.15. The zero-order valence-electron chi connectivity index (χ0n) is 9.89. The number of hydrogen-bond donors (Lipinski definition) is 2. The molecular formula is C11H14N2O3S2. The van der Waals surface area contributed by atoms with Gasteiger partial charge in [-0.05, 0) is 11.4 Å². The van der Waals surface area contributed by atoms with Gasteiger partial charge in [0.1, 0.15) is 5.75 Å². The molecule has 0 aromatic carbocycles. The van der Waals surface area contributed by atoms with Gasteiger partial charge in [0.25, 0.3) is 0 Å². The first-order chi connectivity index (χ1) is 8.42. The van der Waals surface area contributed by atoms with E-state index in [0.717, 1.165) is 16.7 Å². The average molecular weight is 286 g/mol. The lowest BCUT2D eigenvalue weighted by Gasteiger charge is -2.03. The fourth-order valence-corrected chi connectivity index (χ4v) is 2.55. The molecule has 0 atom stereocenters. The Morgan fingerprint density at radius 2 is 2.28 bits per heavy atom. The van der Waals surface area contributed by atoms with Crippen LogP contribution in [0.2, 0.25) is 0 Å². The highest BCUT2D eigenvalue weighted by molar-refractivity contribution is 7.91. The zero-order chi connectivity index (χ0) is 13.6. The van der Waals surface area contributed by atoms with E-state index in [0.29, 0.717) is 0 Å². The van der Waals surface area contributed by atoms with Gasteiger partial charge in [-0.2, -0.15) is 0 Å². The Morgan fingerprint density at radius 3 is 2.89 bits per heavy atom. The molecule has 0 bridgehead atoms. The highest BCUT2D eigenvalue weighted by Gasteiger charge is 2.11. The molecule has 0 saturated heterocycles. The number of nitrogens with one attached hydrogen (secondary N) is 1. The summed E-state index contributed by atoms with van der Waals surface area (Å²) < 4.78 is 21.8. The predicted molar refractivity (Wildman–Crippen MR) is 71.8 cm³/mol. The molecule has 0 fully saturated rings. The third-order valence-electron chi connectivity index (χ3n) is 1.91. The van der Waals surface area contributed by atoms with Crippen LogP contribution >= 0.6 is 11.3 Å². The van der Waals surface area contributed by atoms with Crippen LogP contribution in [0.25, 0.3) is 0 Å². The number of thiophene rings is 1. The Bertz CT molecular complexity index is 579. The van der Waals surface area contributed by atoms with Crippen LogP contribution in [-0.4, -0.2) is 32.9 Å². The fraction of sp³-hybridized carbons (Fsp3) is 0.364. The first kappa shape index (κ1) is 14.7. The minimum atomic E-state index is -3.29. The molecule has 0 aliphatic carbocycles. The molecule has 0 aliphatic rings. The fourth-order valence-electron chi connectivity index (χ4n) is 1.20. The van der Waals surface area contributed by atoms with Gasteiger partial charge in [0.2, 0.25) is 5.91 Å². The summed E-state index contributed by atoms with van der Waals surface area (Å²) in [6, 6.07) is 1.84. The molecular weight excluding hydrogens is 272 g/mol. The van der Waals surface area contributed by atoms with E-state index in [9.17, 15) is 13.2 Å².